The molecule has 1 fully saturated rings. The van der Waals surface area contributed by atoms with E-state index in [1.165, 1.54) is 0 Å². The highest BCUT2D eigenvalue weighted by molar-refractivity contribution is 5.74. The lowest BCUT2D eigenvalue weighted by atomic mass is 9.92. The number of benzene rings is 1. The van der Waals surface area contributed by atoms with E-state index in [1.54, 1.807) is 31.4 Å². The van der Waals surface area contributed by atoms with Crippen molar-refractivity contribution in [1.29, 1.82) is 5.41 Å². The zero-order valence-electron chi connectivity index (χ0n) is 12.9. The fourth-order valence-corrected chi connectivity index (χ4v) is 2.61. The van der Waals surface area contributed by atoms with Crippen molar-refractivity contribution in [2.45, 2.75) is 25.7 Å². The second-order valence-corrected chi connectivity index (χ2v) is 5.50. The number of carbonyl (C=O) groups excluding carboxylic acids is 1. The fourth-order valence-electron chi connectivity index (χ4n) is 2.61. The number of likely N-dealkylation sites (tertiary alicyclic amines) is 1. The normalized spacial score (nSPS) is 15.4. The highest BCUT2D eigenvalue weighted by Crippen LogP contribution is 2.23. The number of nitrogens with two attached hydrogens (primary N) is 1. The Morgan fingerprint density at radius 2 is 1.86 bits per heavy atom. The highest BCUT2D eigenvalue weighted by Gasteiger charge is 2.20. The van der Waals surface area contributed by atoms with E-state index in [4.69, 9.17) is 20.6 Å². The maximum absolute atomic E-state index is 11.9. The predicted molar refractivity (Wildman–Crippen MR) is 84.1 cm³/mol. The Balaban J connectivity index is 1.70. The molecule has 0 radical (unpaired) electrons. The van der Waals surface area contributed by atoms with Crippen molar-refractivity contribution >= 4 is 11.9 Å². The summed E-state index contributed by atoms with van der Waals surface area (Å²) in [6.07, 6.45) is 3.17. The molecule has 1 aromatic carbocycles. The van der Waals surface area contributed by atoms with E-state index in [-0.39, 0.29) is 11.9 Å². The van der Waals surface area contributed by atoms with Crippen molar-refractivity contribution in [3.8, 4) is 11.5 Å². The minimum absolute atomic E-state index is 0.136. The van der Waals surface area contributed by atoms with E-state index in [1.807, 2.05) is 4.90 Å². The van der Waals surface area contributed by atoms with Gasteiger partial charge in [-0.05, 0) is 49.4 Å². The van der Waals surface area contributed by atoms with Crippen LogP contribution in [0.5, 0.6) is 11.5 Å². The van der Waals surface area contributed by atoms with Crippen LogP contribution >= 0.6 is 0 Å². The Morgan fingerprint density at radius 3 is 2.41 bits per heavy atom. The monoisotopic (exact) mass is 305 g/mol. The van der Waals surface area contributed by atoms with Gasteiger partial charge in [0, 0.05) is 19.5 Å². The molecule has 0 aliphatic carbocycles. The molecule has 0 amide bonds. The van der Waals surface area contributed by atoms with Gasteiger partial charge >= 0.3 is 5.97 Å². The van der Waals surface area contributed by atoms with Crippen LogP contribution in [0.3, 0.4) is 0 Å². The standard InChI is InChI=1S/C16H23N3O3/c1-21-13-3-5-14(6-4-13)22-15(20)7-2-12-8-10-19(11-9-12)16(17)18/h3-6,12H,2,7-11H2,1H3,(H3,17,18). The molecule has 1 saturated heterocycles. The maximum atomic E-state index is 11.9. The van der Waals surface area contributed by atoms with Crippen LogP contribution in [0.4, 0.5) is 0 Å². The van der Waals surface area contributed by atoms with Gasteiger partial charge in [0.15, 0.2) is 5.96 Å². The smallest absolute Gasteiger partial charge is 0.311 e. The van der Waals surface area contributed by atoms with Gasteiger partial charge in [0.05, 0.1) is 7.11 Å². The van der Waals surface area contributed by atoms with Crippen LogP contribution in [-0.2, 0) is 4.79 Å². The molecule has 6 nitrogen and oxygen atoms in total. The lowest BCUT2D eigenvalue weighted by Crippen LogP contribution is -2.42. The summed E-state index contributed by atoms with van der Waals surface area (Å²) < 4.78 is 10.4. The number of nitrogens with zero attached hydrogens (tertiary/aromatic N) is 1. The van der Waals surface area contributed by atoms with Crippen LogP contribution in [0, 0.1) is 11.3 Å². The second-order valence-electron chi connectivity index (χ2n) is 5.50. The molecule has 1 aromatic rings. The zero-order chi connectivity index (χ0) is 15.9. The first kappa shape index (κ1) is 16.1. The van der Waals surface area contributed by atoms with Crippen LogP contribution in [0.15, 0.2) is 24.3 Å². The van der Waals surface area contributed by atoms with Crippen LogP contribution in [0.2, 0.25) is 0 Å². The number of piperidine rings is 1. The van der Waals surface area contributed by atoms with Crippen molar-refractivity contribution < 1.29 is 14.3 Å². The molecule has 6 heteroatoms. The summed E-state index contributed by atoms with van der Waals surface area (Å²) in [4.78, 5) is 13.7. The molecule has 0 saturated carbocycles. The first-order chi connectivity index (χ1) is 10.6. The molecular weight excluding hydrogens is 282 g/mol. The first-order valence-electron chi connectivity index (χ1n) is 7.52. The van der Waals surface area contributed by atoms with Gasteiger partial charge < -0.3 is 20.1 Å². The summed E-state index contributed by atoms with van der Waals surface area (Å²) in [7, 11) is 1.60. The van der Waals surface area contributed by atoms with E-state index in [9.17, 15) is 4.79 Å². The number of hydrogen-bond donors (Lipinski definition) is 2. The molecule has 0 unspecified atom stereocenters. The van der Waals surface area contributed by atoms with Crippen molar-refractivity contribution in [2.75, 3.05) is 20.2 Å². The van der Waals surface area contributed by atoms with Crippen LogP contribution < -0.4 is 15.2 Å². The van der Waals surface area contributed by atoms with Crippen LogP contribution in [-0.4, -0.2) is 37.0 Å². The largest absolute Gasteiger partial charge is 0.497 e. The predicted octanol–water partition coefficient (Wildman–Crippen LogP) is 1.99. The van der Waals surface area contributed by atoms with E-state index >= 15 is 0 Å². The molecule has 22 heavy (non-hydrogen) atoms. The van der Waals surface area contributed by atoms with E-state index in [0.717, 1.165) is 38.1 Å². The fraction of sp³-hybridized carbons (Fsp3) is 0.500. The molecule has 0 bridgehead atoms. The summed E-state index contributed by atoms with van der Waals surface area (Å²) in [6, 6.07) is 6.98. The molecular formula is C16H23N3O3. The number of rotatable bonds is 5. The highest BCUT2D eigenvalue weighted by atomic mass is 16.5. The van der Waals surface area contributed by atoms with Gasteiger partial charge in [0.2, 0.25) is 0 Å². The molecule has 2 rings (SSSR count). The van der Waals surface area contributed by atoms with Crippen LogP contribution in [0.25, 0.3) is 0 Å². The van der Waals surface area contributed by atoms with Gasteiger partial charge in [0.1, 0.15) is 11.5 Å². The third kappa shape index (κ3) is 4.65. The third-order valence-electron chi connectivity index (χ3n) is 4.00. The molecule has 1 aliphatic heterocycles. The lowest BCUT2D eigenvalue weighted by Gasteiger charge is -2.31. The summed E-state index contributed by atoms with van der Waals surface area (Å²) >= 11 is 0. The first-order valence-corrected chi connectivity index (χ1v) is 7.52. The summed E-state index contributed by atoms with van der Waals surface area (Å²) in [5.74, 6) is 1.70. The molecule has 1 heterocycles. The SMILES string of the molecule is COc1ccc(OC(=O)CCC2CCN(C(=N)N)CC2)cc1. The van der Waals surface area contributed by atoms with E-state index in [2.05, 4.69) is 0 Å². The quantitative estimate of drug-likeness (QED) is 0.376. The molecule has 3 N–H and O–H groups in total. The van der Waals surface area contributed by atoms with Gasteiger partial charge in [-0.25, -0.2) is 0 Å². The number of guanidine groups is 1. The molecule has 0 aromatic heterocycles. The molecule has 0 spiro atoms. The average molecular weight is 305 g/mol. The molecule has 1 aliphatic rings. The number of esters is 1. The van der Waals surface area contributed by atoms with Gasteiger partial charge in [-0.3, -0.25) is 10.2 Å². The Kier molecular flexibility index (Phi) is 5.63. The summed E-state index contributed by atoms with van der Waals surface area (Å²) in [5.41, 5.74) is 5.47. The van der Waals surface area contributed by atoms with Crippen molar-refractivity contribution in [1.82, 2.24) is 4.90 Å². The van der Waals surface area contributed by atoms with Crippen molar-refractivity contribution in [3.63, 3.8) is 0 Å². The van der Waals surface area contributed by atoms with Crippen molar-refractivity contribution in [2.24, 2.45) is 11.7 Å². The Bertz CT molecular complexity index is 508. The summed E-state index contributed by atoms with van der Waals surface area (Å²) in [6.45, 7) is 1.60. The van der Waals surface area contributed by atoms with Gasteiger partial charge in [0.25, 0.3) is 0 Å². The third-order valence-corrected chi connectivity index (χ3v) is 4.00. The Hall–Kier alpha value is -2.24. The molecule has 0 atom stereocenters. The number of ether oxygens (including phenoxy) is 2. The molecule has 120 valence electrons. The van der Waals surface area contributed by atoms with Crippen LogP contribution in [0.1, 0.15) is 25.7 Å². The minimum Gasteiger partial charge on any atom is -0.497 e. The second kappa shape index (κ2) is 7.68. The Labute approximate surface area is 130 Å². The van der Waals surface area contributed by atoms with Crippen molar-refractivity contribution in [3.05, 3.63) is 24.3 Å². The van der Waals surface area contributed by atoms with Gasteiger partial charge in [-0.2, -0.15) is 0 Å². The minimum atomic E-state index is -0.209. The average Bonchev–Trinajstić information content (AvgIpc) is 2.54. The number of methoxy groups -OCH3 is 1. The van der Waals surface area contributed by atoms with Gasteiger partial charge in [-0.1, -0.05) is 0 Å². The zero-order valence-corrected chi connectivity index (χ0v) is 12.9. The summed E-state index contributed by atoms with van der Waals surface area (Å²) in [5, 5.41) is 7.40. The van der Waals surface area contributed by atoms with Gasteiger partial charge in [-0.15, -0.1) is 0 Å². The van der Waals surface area contributed by atoms with E-state index < -0.39 is 0 Å². The number of hydrogen-bond acceptors (Lipinski definition) is 4. The topological polar surface area (TPSA) is 88.6 Å². The van der Waals surface area contributed by atoms with E-state index in [0.29, 0.717) is 18.1 Å². The number of nitrogens with one attached hydrogen (secondary N) is 1. The number of carbonyl (C=O) groups is 1. The maximum Gasteiger partial charge on any atom is 0.311 e. The Morgan fingerprint density at radius 1 is 1.27 bits per heavy atom. The lowest BCUT2D eigenvalue weighted by molar-refractivity contribution is -0.134.